The summed E-state index contributed by atoms with van der Waals surface area (Å²) in [7, 11) is 0. The van der Waals surface area contributed by atoms with Crippen LogP contribution in [0.3, 0.4) is 0 Å². The van der Waals surface area contributed by atoms with E-state index in [0.717, 1.165) is 5.69 Å². The summed E-state index contributed by atoms with van der Waals surface area (Å²) in [6.07, 6.45) is 0. The molecular formula is C9H8BrN3O2S. The summed E-state index contributed by atoms with van der Waals surface area (Å²) in [5.74, 6) is 0.373. The molecule has 0 fully saturated rings. The Morgan fingerprint density at radius 1 is 1.50 bits per heavy atom. The molecule has 0 saturated carbocycles. The fourth-order valence-corrected chi connectivity index (χ4v) is 2.02. The van der Waals surface area contributed by atoms with Gasteiger partial charge in [0.25, 0.3) is 0 Å². The van der Waals surface area contributed by atoms with Gasteiger partial charge in [-0.2, -0.15) is 0 Å². The zero-order valence-electron chi connectivity index (χ0n) is 8.28. The highest BCUT2D eigenvalue weighted by molar-refractivity contribution is 9.10. The van der Waals surface area contributed by atoms with Gasteiger partial charge in [0.05, 0.1) is 5.69 Å². The molecule has 0 radical (unpaired) electrons. The van der Waals surface area contributed by atoms with Gasteiger partial charge in [-0.3, -0.25) is 10.6 Å². The van der Waals surface area contributed by atoms with Crippen molar-refractivity contribution < 1.29 is 9.21 Å². The lowest BCUT2D eigenvalue weighted by molar-refractivity contribution is 0.261. The molecule has 2 heterocycles. The number of rotatable bonds is 2. The van der Waals surface area contributed by atoms with E-state index in [0.29, 0.717) is 15.7 Å². The first kappa shape index (κ1) is 11.2. The van der Waals surface area contributed by atoms with Gasteiger partial charge >= 0.3 is 6.03 Å². The SMILES string of the molecule is Cc1csc(NC(=O)Nc2ccc(Br)o2)n1. The van der Waals surface area contributed by atoms with Crippen LogP contribution in [0.5, 0.6) is 0 Å². The molecule has 5 nitrogen and oxygen atoms in total. The third-order valence-electron chi connectivity index (χ3n) is 1.65. The highest BCUT2D eigenvalue weighted by Gasteiger charge is 2.07. The summed E-state index contributed by atoms with van der Waals surface area (Å²) in [5, 5.41) is 7.56. The number of nitrogens with zero attached hydrogens (tertiary/aromatic N) is 1. The number of urea groups is 1. The molecule has 16 heavy (non-hydrogen) atoms. The third kappa shape index (κ3) is 2.83. The summed E-state index contributed by atoms with van der Waals surface area (Å²) in [6.45, 7) is 1.86. The van der Waals surface area contributed by atoms with E-state index in [1.807, 2.05) is 12.3 Å². The van der Waals surface area contributed by atoms with Crippen LogP contribution in [0, 0.1) is 6.92 Å². The molecule has 0 atom stereocenters. The van der Waals surface area contributed by atoms with Gasteiger partial charge in [0.2, 0.25) is 5.88 Å². The van der Waals surface area contributed by atoms with Crippen molar-refractivity contribution in [3.63, 3.8) is 0 Å². The van der Waals surface area contributed by atoms with Crippen LogP contribution in [0.25, 0.3) is 0 Å². The summed E-state index contributed by atoms with van der Waals surface area (Å²) < 4.78 is 5.69. The Morgan fingerprint density at radius 3 is 2.88 bits per heavy atom. The first-order valence-electron chi connectivity index (χ1n) is 4.39. The van der Waals surface area contributed by atoms with Crippen molar-refractivity contribution in [2.45, 2.75) is 6.92 Å². The molecule has 7 heteroatoms. The van der Waals surface area contributed by atoms with Crippen LogP contribution in [0.4, 0.5) is 15.8 Å². The van der Waals surface area contributed by atoms with E-state index < -0.39 is 0 Å². The average molecular weight is 302 g/mol. The minimum Gasteiger partial charge on any atom is -0.434 e. The molecule has 0 bridgehead atoms. The van der Waals surface area contributed by atoms with Gasteiger partial charge in [0, 0.05) is 11.4 Å². The fourth-order valence-electron chi connectivity index (χ4n) is 1.03. The van der Waals surface area contributed by atoms with Crippen molar-refractivity contribution in [2.24, 2.45) is 0 Å². The fraction of sp³-hybridized carbons (Fsp3) is 0.111. The van der Waals surface area contributed by atoms with E-state index in [1.165, 1.54) is 11.3 Å². The third-order valence-corrected chi connectivity index (χ3v) is 2.95. The van der Waals surface area contributed by atoms with Gasteiger partial charge < -0.3 is 4.42 Å². The number of hydrogen-bond donors (Lipinski definition) is 2. The van der Waals surface area contributed by atoms with E-state index in [2.05, 4.69) is 31.5 Å². The number of furan rings is 1. The minimum atomic E-state index is -0.379. The summed E-state index contributed by atoms with van der Waals surface area (Å²) in [4.78, 5) is 15.6. The van der Waals surface area contributed by atoms with Crippen LogP contribution in [0.1, 0.15) is 5.69 Å². The predicted octanol–water partition coefficient (Wildman–Crippen LogP) is 3.45. The molecule has 0 unspecified atom stereocenters. The molecule has 2 aromatic rings. The number of amides is 2. The van der Waals surface area contributed by atoms with Gasteiger partial charge in [-0.1, -0.05) is 0 Å². The lowest BCUT2D eigenvalue weighted by atomic mass is 10.6. The van der Waals surface area contributed by atoms with Crippen molar-refractivity contribution in [1.29, 1.82) is 0 Å². The first-order chi connectivity index (χ1) is 7.63. The molecule has 0 saturated heterocycles. The second kappa shape index (κ2) is 4.67. The van der Waals surface area contributed by atoms with E-state index in [1.54, 1.807) is 12.1 Å². The number of halogens is 1. The highest BCUT2D eigenvalue weighted by Crippen LogP contribution is 2.19. The van der Waals surface area contributed by atoms with Gasteiger partial charge in [0.1, 0.15) is 0 Å². The monoisotopic (exact) mass is 301 g/mol. The maximum Gasteiger partial charge on any atom is 0.327 e. The Morgan fingerprint density at radius 2 is 2.31 bits per heavy atom. The minimum absolute atomic E-state index is 0.373. The van der Waals surface area contributed by atoms with Gasteiger partial charge in [-0.05, 0) is 28.9 Å². The second-order valence-corrected chi connectivity index (χ2v) is 4.62. The predicted molar refractivity (Wildman–Crippen MR) is 65.9 cm³/mol. The van der Waals surface area contributed by atoms with Crippen molar-refractivity contribution >= 4 is 44.3 Å². The summed E-state index contributed by atoms with van der Waals surface area (Å²) >= 11 is 4.51. The number of carbonyl (C=O) groups is 1. The van der Waals surface area contributed by atoms with E-state index in [9.17, 15) is 4.79 Å². The zero-order valence-corrected chi connectivity index (χ0v) is 10.7. The van der Waals surface area contributed by atoms with Gasteiger partial charge in [-0.25, -0.2) is 9.78 Å². The van der Waals surface area contributed by atoms with Crippen LogP contribution in [-0.2, 0) is 0 Å². The van der Waals surface area contributed by atoms with Gasteiger partial charge in [-0.15, -0.1) is 11.3 Å². The molecular weight excluding hydrogens is 294 g/mol. The standard InChI is InChI=1S/C9H8BrN3O2S/c1-5-4-16-9(11-5)13-8(14)12-7-3-2-6(10)15-7/h2-4H,1H3,(H2,11,12,13,14). The Kier molecular flexibility index (Phi) is 3.25. The van der Waals surface area contributed by atoms with E-state index in [4.69, 9.17) is 4.42 Å². The number of carbonyl (C=O) groups excluding carboxylic acids is 1. The molecule has 0 aromatic carbocycles. The number of anilines is 2. The van der Waals surface area contributed by atoms with Crippen molar-refractivity contribution in [3.8, 4) is 0 Å². The maximum absolute atomic E-state index is 11.5. The Hall–Kier alpha value is -1.34. The molecule has 2 amide bonds. The first-order valence-corrected chi connectivity index (χ1v) is 6.06. The molecule has 2 N–H and O–H groups in total. The van der Waals surface area contributed by atoms with Crippen molar-refractivity contribution in [2.75, 3.05) is 10.6 Å². The quantitative estimate of drug-likeness (QED) is 0.893. The largest absolute Gasteiger partial charge is 0.434 e. The van der Waals surface area contributed by atoms with Crippen LogP contribution < -0.4 is 10.6 Å². The van der Waals surface area contributed by atoms with Crippen LogP contribution >= 0.6 is 27.3 Å². The lowest BCUT2D eigenvalue weighted by Gasteiger charge is -2.01. The van der Waals surface area contributed by atoms with Crippen LogP contribution in [-0.4, -0.2) is 11.0 Å². The molecule has 2 aromatic heterocycles. The number of aromatic nitrogens is 1. The van der Waals surface area contributed by atoms with Crippen molar-refractivity contribution in [1.82, 2.24) is 4.98 Å². The Bertz CT molecular complexity index is 464. The van der Waals surface area contributed by atoms with E-state index >= 15 is 0 Å². The Balaban J connectivity index is 1.94. The summed E-state index contributed by atoms with van der Waals surface area (Å²) in [6, 6.07) is 2.97. The molecule has 84 valence electrons. The van der Waals surface area contributed by atoms with Crippen LogP contribution in [0.15, 0.2) is 26.6 Å². The number of thiazole rings is 1. The molecule has 0 spiro atoms. The molecule has 0 aliphatic rings. The average Bonchev–Trinajstić information content (AvgIpc) is 2.76. The normalized spacial score (nSPS) is 10.1. The Labute approximate surface area is 104 Å². The van der Waals surface area contributed by atoms with Crippen molar-refractivity contribution in [3.05, 3.63) is 27.9 Å². The van der Waals surface area contributed by atoms with Gasteiger partial charge in [0.15, 0.2) is 9.80 Å². The number of nitrogens with one attached hydrogen (secondary N) is 2. The molecule has 0 aliphatic heterocycles. The second-order valence-electron chi connectivity index (χ2n) is 2.98. The highest BCUT2D eigenvalue weighted by atomic mass is 79.9. The number of aryl methyl sites for hydroxylation is 1. The van der Waals surface area contributed by atoms with Crippen LogP contribution in [0.2, 0.25) is 0 Å². The lowest BCUT2D eigenvalue weighted by Crippen LogP contribution is -2.18. The van der Waals surface area contributed by atoms with E-state index in [-0.39, 0.29) is 6.03 Å². The maximum atomic E-state index is 11.5. The molecule has 2 rings (SSSR count). The smallest absolute Gasteiger partial charge is 0.327 e. The zero-order chi connectivity index (χ0) is 11.5. The summed E-state index contributed by atoms with van der Waals surface area (Å²) in [5.41, 5.74) is 0.876. The number of hydrogen-bond acceptors (Lipinski definition) is 4. The topological polar surface area (TPSA) is 67.2 Å². The molecule has 0 aliphatic carbocycles.